The number of carbonyl (C=O) groups is 2. The molecule has 6 nitrogen and oxygen atoms in total. The zero-order valence-electron chi connectivity index (χ0n) is 14.6. The van der Waals surface area contributed by atoms with Crippen LogP contribution < -0.4 is 10.6 Å². The third kappa shape index (κ3) is 5.45. The molecule has 2 heterocycles. The van der Waals surface area contributed by atoms with Crippen molar-refractivity contribution in [3.8, 4) is 0 Å². The summed E-state index contributed by atoms with van der Waals surface area (Å²) in [6.45, 7) is 5.18. The van der Waals surface area contributed by atoms with E-state index in [2.05, 4.69) is 10.6 Å². The zero-order chi connectivity index (χ0) is 17.5. The molecule has 2 aliphatic heterocycles. The van der Waals surface area contributed by atoms with E-state index in [9.17, 15) is 0 Å². The van der Waals surface area contributed by atoms with Crippen molar-refractivity contribution in [3.63, 3.8) is 0 Å². The molecule has 138 valence electrons. The highest BCUT2D eigenvalue weighted by Gasteiger charge is 2.36. The highest BCUT2D eigenvalue weighted by Crippen LogP contribution is 2.43. The first-order valence-corrected chi connectivity index (χ1v) is 9.35. The second kappa shape index (κ2) is 8.81. The summed E-state index contributed by atoms with van der Waals surface area (Å²) in [5.41, 5.74) is 1.56. The molecule has 2 aliphatic carbocycles. The first-order valence-electron chi connectivity index (χ1n) is 9.35. The average Bonchev–Trinajstić information content (AvgIpc) is 3.36. The Labute approximate surface area is 144 Å². The Kier molecular flexibility index (Phi) is 7.04. The summed E-state index contributed by atoms with van der Waals surface area (Å²) >= 11 is 0. The number of rotatable bonds is 0. The Morgan fingerprint density at radius 3 is 1.17 bits per heavy atom. The van der Waals surface area contributed by atoms with Gasteiger partial charge in [-0.2, -0.15) is 0 Å². The molecule has 0 atom stereocenters. The normalized spacial score (nSPS) is 25.8. The topological polar surface area (TPSA) is 98.7 Å². The number of carboxylic acids is 2. The van der Waals surface area contributed by atoms with Gasteiger partial charge in [0.2, 0.25) is 0 Å². The third-order valence-corrected chi connectivity index (χ3v) is 6.18. The van der Waals surface area contributed by atoms with Gasteiger partial charge in [0.1, 0.15) is 0 Å². The molecule has 0 radical (unpaired) electrons. The van der Waals surface area contributed by atoms with Gasteiger partial charge in [0, 0.05) is 13.1 Å². The van der Waals surface area contributed by atoms with Gasteiger partial charge in [-0.1, -0.05) is 25.7 Å². The molecule has 4 aliphatic rings. The number of hydrogen-bond donors (Lipinski definition) is 4. The van der Waals surface area contributed by atoms with Crippen LogP contribution >= 0.6 is 0 Å². The molecule has 0 bridgehead atoms. The number of aliphatic carboxylic acids is 2. The van der Waals surface area contributed by atoms with E-state index in [1.165, 1.54) is 90.4 Å². The van der Waals surface area contributed by atoms with Gasteiger partial charge in [-0.3, -0.25) is 0 Å². The Bertz CT molecular complexity index is 340. The Morgan fingerprint density at radius 1 is 0.625 bits per heavy atom. The number of carboxylic acid groups (broad SMARTS) is 2. The maximum atomic E-state index is 9.10. The van der Waals surface area contributed by atoms with Crippen LogP contribution in [0.1, 0.15) is 64.2 Å². The summed E-state index contributed by atoms with van der Waals surface area (Å²) in [4.78, 5) is 18.2. The predicted octanol–water partition coefficient (Wildman–Crippen LogP) is 2.24. The SMILES string of the molecule is C1CCC2(C1)CCNC2.C1CCC2(C1)CCNC2.O=C(O)C(=O)O. The van der Waals surface area contributed by atoms with Crippen LogP contribution in [0.3, 0.4) is 0 Å². The van der Waals surface area contributed by atoms with Crippen molar-refractivity contribution < 1.29 is 19.8 Å². The lowest BCUT2D eigenvalue weighted by Gasteiger charge is -2.19. The summed E-state index contributed by atoms with van der Waals surface area (Å²) < 4.78 is 0. The van der Waals surface area contributed by atoms with Gasteiger partial charge in [0.25, 0.3) is 0 Å². The molecule has 2 spiro atoms. The van der Waals surface area contributed by atoms with Gasteiger partial charge in [-0.25, -0.2) is 9.59 Å². The van der Waals surface area contributed by atoms with E-state index >= 15 is 0 Å². The molecule has 0 aromatic heterocycles. The van der Waals surface area contributed by atoms with Crippen molar-refractivity contribution in [2.75, 3.05) is 26.2 Å². The van der Waals surface area contributed by atoms with E-state index < -0.39 is 11.9 Å². The first kappa shape index (κ1) is 19.2. The highest BCUT2D eigenvalue weighted by molar-refractivity contribution is 6.27. The standard InChI is InChI=1S/2C8H15N.C2H2O4/c2*1-2-4-8(3-1)5-6-9-7-8;3-1(4)2(5)6/h2*9H,1-7H2;(H,3,4)(H,5,6). The monoisotopic (exact) mass is 340 g/mol. The van der Waals surface area contributed by atoms with Crippen molar-refractivity contribution in [1.82, 2.24) is 10.6 Å². The highest BCUT2D eigenvalue weighted by atomic mass is 16.4. The molecule has 24 heavy (non-hydrogen) atoms. The average molecular weight is 340 g/mol. The molecule has 4 fully saturated rings. The molecule has 6 heteroatoms. The van der Waals surface area contributed by atoms with Gasteiger partial charge in [-0.05, 0) is 62.4 Å². The Hall–Kier alpha value is -1.14. The lowest BCUT2D eigenvalue weighted by molar-refractivity contribution is -0.159. The fourth-order valence-corrected chi connectivity index (χ4v) is 4.69. The largest absolute Gasteiger partial charge is 0.473 e. The fourth-order valence-electron chi connectivity index (χ4n) is 4.69. The van der Waals surface area contributed by atoms with Crippen molar-refractivity contribution in [1.29, 1.82) is 0 Å². The summed E-state index contributed by atoms with van der Waals surface area (Å²) in [7, 11) is 0. The van der Waals surface area contributed by atoms with E-state index in [1.807, 2.05) is 0 Å². The lowest BCUT2D eigenvalue weighted by atomic mass is 9.86. The quantitative estimate of drug-likeness (QED) is 0.505. The van der Waals surface area contributed by atoms with E-state index in [-0.39, 0.29) is 0 Å². The van der Waals surface area contributed by atoms with Crippen LogP contribution in [-0.4, -0.2) is 48.3 Å². The smallest absolute Gasteiger partial charge is 0.414 e. The fraction of sp³-hybridized carbons (Fsp3) is 0.889. The Morgan fingerprint density at radius 2 is 0.958 bits per heavy atom. The van der Waals surface area contributed by atoms with Crippen LogP contribution in [-0.2, 0) is 9.59 Å². The second-order valence-electron chi connectivity index (χ2n) is 7.88. The van der Waals surface area contributed by atoms with Crippen LogP contribution in [0.2, 0.25) is 0 Å². The van der Waals surface area contributed by atoms with Gasteiger partial charge < -0.3 is 20.8 Å². The Balaban J connectivity index is 0.000000134. The van der Waals surface area contributed by atoms with Crippen LogP contribution in [0, 0.1) is 10.8 Å². The van der Waals surface area contributed by atoms with Crippen LogP contribution in [0.5, 0.6) is 0 Å². The summed E-state index contributed by atoms with van der Waals surface area (Å²) in [6.07, 6.45) is 14.9. The van der Waals surface area contributed by atoms with Gasteiger partial charge in [0.05, 0.1) is 0 Å². The van der Waals surface area contributed by atoms with Crippen LogP contribution in [0.25, 0.3) is 0 Å². The van der Waals surface area contributed by atoms with Gasteiger partial charge in [0.15, 0.2) is 0 Å². The molecule has 0 amide bonds. The predicted molar refractivity (Wildman–Crippen MR) is 92.0 cm³/mol. The summed E-state index contributed by atoms with van der Waals surface area (Å²) in [5.74, 6) is -3.65. The minimum Gasteiger partial charge on any atom is -0.473 e. The molecule has 0 aromatic rings. The molecule has 2 saturated carbocycles. The first-order chi connectivity index (χ1) is 11.5. The summed E-state index contributed by atoms with van der Waals surface area (Å²) in [5, 5.41) is 21.7. The number of nitrogens with one attached hydrogen (secondary N) is 2. The van der Waals surface area contributed by atoms with E-state index in [1.54, 1.807) is 0 Å². The number of hydrogen-bond acceptors (Lipinski definition) is 4. The maximum Gasteiger partial charge on any atom is 0.414 e. The third-order valence-electron chi connectivity index (χ3n) is 6.18. The van der Waals surface area contributed by atoms with Crippen molar-refractivity contribution in [3.05, 3.63) is 0 Å². The van der Waals surface area contributed by atoms with E-state index in [4.69, 9.17) is 19.8 Å². The molecule has 0 unspecified atom stereocenters. The molecular weight excluding hydrogens is 308 g/mol. The van der Waals surface area contributed by atoms with Crippen LogP contribution in [0.15, 0.2) is 0 Å². The second-order valence-corrected chi connectivity index (χ2v) is 7.88. The van der Waals surface area contributed by atoms with Crippen molar-refractivity contribution in [2.24, 2.45) is 10.8 Å². The molecule has 4 rings (SSSR count). The lowest BCUT2D eigenvalue weighted by Crippen LogP contribution is -2.19. The van der Waals surface area contributed by atoms with E-state index in [0.29, 0.717) is 0 Å². The molecular formula is C18H32N2O4. The van der Waals surface area contributed by atoms with Crippen molar-refractivity contribution in [2.45, 2.75) is 64.2 Å². The maximum absolute atomic E-state index is 9.10. The van der Waals surface area contributed by atoms with Gasteiger partial charge >= 0.3 is 11.9 Å². The molecule has 0 aromatic carbocycles. The molecule has 2 saturated heterocycles. The summed E-state index contributed by atoms with van der Waals surface area (Å²) in [6, 6.07) is 0. The van der Waals surface area contributed by atoms with Crippen molar-refractivity contribution >= 4 is 11.9 Å². The minimum absolute atomic E-state index is 0.778. The minimum atomic E-state index is -1.82. The van der Waals surface area contributed by atoms with E-state index in [0.717, 1.165) is 10.8 Å². The molecule has 4 N–H and O–H groups in total. The zero-order valence-corrected chi connectivity index (χ0v) is 14.6. The van der Waals surface area contributed by atoms with Gasteiger partial charge in [-0.15, -0.1) is 0 Å². The van der Waals surface area contributed by atoms with Crippen LogP contribution in [0.4, 0.5) is 0 Å².